The number of rotatable bonds is 1. The third-order valence-electron chi connectivity index (χ3n) is 4.35. The second kappa shape index (κ2) is 4.99. The fourth-order valence-electron chi connectivity index (χ4n) is 3.36. The lowest BCUT2D eigenvalue weighted by molar-refractivity contribution is 0.196. The summed E-state index contributed by atoms with van der Waals surface area (Å²) in [5, 5.41) is 8.94. The van der Waals surface area contributed by atoms with Crippen molar-refractivity contribution in [3.63, 3.8) is 0 Å². The van der Waals surface area contributed by atoms with Gasteiger partial charge in [-0.15, -0.1) is 0 Å². The van der Waals surface area contributed by atoms with Crippen molar-refractivity contribution in [2.24, 2.45) is 0 Å². The Kier molecular flexibility index (Phi) is 2.97. The number of fused-ring (bicyclic) bond motifs is 4. The third kappa shape index (κ3) is 2.00. The van der Waals surface area contributed by atoms with E-state index >= 15 is 0 Å². The molecule has 0 bridgehead atoms. The molecular formula is C19H14FNO. The largest absolute Gasteiger partial charge is 0.488 e. The van der Waals surface area contributed by atoms with Crippen LogP contribution in [0, 0.1) is 17.1 Å². The van der Waals surface area contributed by atoms with Crippen molar-refractivity contribution in [3.05, 3.63) is 70.5 Å². The lowest BCUT2D eigenvalue weighted by atomic mass is 9.95. The molecule has 2 aliphatic rings. The van der Waals surface area contributed by atoms with Gasteiger partial charge < -0.3 is 4.74 Å². The first kappa shape index (κ1) is 13.1. The van der Waals surface area contributed by atoms with Crippen LogP contribution in [0.25, 0.3) is 11.3 Å². The molecule has 0 spiro atoms. The topological polar surface area (TPSA) is 33.0 Å². The van der Waals surface area contributed by atoms with Crippen LogP contribution in [0.1, 0.15) is 35.1 Å². The van der Waals surface area contributed by atoms with Gasteiger partial charge in [-0.2, -0.15) is 5.26 Å². The van der Waals surface area contributed by atoms with Crippen molar-refractivity contribution >= 4 is 11.3 Å². The maximum atomic E-state index is 13.7. The molecule has 1 aliphatic heterocycles. The third-order valence-corrected chi connectivity index (χ3v) is 4.35. The minimum atomic E-state index is -0.260. The van der Waals surface area contributed by atoms with Crippen LogP contribution in [0.2, 0.25) is 0 Å². The Morgan fingerprint density at radius 1 is 1.14 bits per heavy atom. The van der Waals surface area contributed by atoms with Gasteiger partial charge in [-0.3, -0.25) is 0 Å². The predicted octanol–water partition coefficient (Wildman–Crippen LogP) is 4.30. The molecule has 0 radical (unpaired) electrons. The Bertz CT molecular complexity index is 832. The van der Waals surface area contributed by atoms with E-state index < -0.39 is 0 Å². The molecule has 3 heteroatoms. The molecule has 2 nitrogen and oxygen atoms in total. The maximum Gasteiger partial charge on any atom is 0.131 e. The Morgan fingerprint density at radius 2 is 1.95 bits per heavy atom. The van der Waals surface area contributed by atoms with Gasteiger partial charge in [-0.05, 0) is 35.2 Å². The second-order valence-corrected chi connectivity index (χ2v) is 5.75. The van der Waals surface area contributed by atoms with Crippen LogP contribution in [0.4, 0.5) is 4.39 Å². The summed E-state index contributed by atoms with van der Waals surface area (Å²) in [4.78, 5) is 0. The van der Waals surface area contributed by atoms with Gasteiger partial charge in [0, 0.05) is 17.6 Å². The number of hydrogen-bond acceptors (Lipinski definition) is 2. The highest BCUT2D eigenvalue weighted by Crippen LogP contribution is 2.44. The molecule has 0 amide bonds. The first-order valence-corrected chi connectivity index (χ1v) is 7.40. The average molecular weight is 291 g/mol. The lowest BCUT2D eigenvalue weighted by Gasteiger charge is -2.13. The summed E-state index contributed by atoms with van der Waals surface area (Å²) >= 11 is 0. The molecule has 1 atom stereocenters. The quantitative estimate of drug-likeness (QED) is 0.784. The molecule has 0 fully saturated rings. The Balaban J connectivity index is 1.93. The summed E-state index contributed by atoms with van der Waals surface area (Å²) in [5.74, 6) is 0.489. The molecule has 2 aromatic rings. The second-order valence-electron chi connectivity index (χ2n) is 5.75. The maximum absolute atomic E-state index is 13.7. The molecule has 1 aliphatic carbocycles. The number of halogens is 1. The highest BCUT2D eigenvalue weighted by atomic mass is 19.1. The molecule has 2 aromatic carbocycles. The Labute approximate surface area is 128 Å². The summed E-state index contributed by atoms with van der Waals surface area (Å²) in [6.07, 6.45) is 1.68. The molecule has 108 valence electrons. The first-order chi connectivity index (χ1) is 10.8. The summed E-state index contributed by atoms with van der Waals surface area (Å²) in [6.45, 7) is 0. The Hall–Kier alpha value is -2.60. The van der Waals surface area contributed by atoms with Crippen LogP contribution in [0.3, 0.4) is 0 Å². The molecule has 0 N–H and O–H groups in total. The standard InChI is InChI=1S/C19H14FNO/c20-14-6-5-13-9-12-3-1-2-4-16(12)18-11-15(7-8-21)22-19(18)17(13)10-14/h1-6,10,15H,7,9,11H2. The van der Waals surface area contributed by atoms with Crippen LogP contribution >= 0.6 is 0 Å². The number of nitrogens with zero attached hydrogens (tertiary/aromatic N) is 1. The average Bonchev–Trinajstić information content (AvgIpc) is 2.89. The normalized spacial score (nSPS) is 18.6. The van der Waals surface area contributed by atoms with Crippen molar-refractivity contribution in [1.82, 2.24) is 0 Å². The van der Waals surface area contributed by atoms with Crippen LogP contribution in [-0.2, 0) is 11.2 Å². The summed E-state index contributed by atoms with van der Waals surface area (Å²) in [6, 6.07) is 15.3. The zero-order chi connectivity index (χ0) is 15.1. The van der Waals surface area contributed by atoms with E-state index in [1.807, 2.05) is 18.2 Å². The van der Waals surface area contributed by atoms with E-state index in [-0.39, 0.29) is 11.9 Å². The zero-order valence-electron chi connectivity index (χ0n) is 12.0. The van der Waals surface area contributed by atoms with Crippen LogP contribution in [0.5, 0.6) is 0 Å². The van der Waals surface area contributed by atoms with Gasteiger partial charge in [0.25, 0.3) is 0 Å². The highest BCUT2D eigenvalue weighted by Gasteiger charge is 2.32. The van der Waals surface area contributed by atoms with Crippen LogP contribution in [-0.4, -0.2) is 6.10 Å². The summed E-state index contributed by atoms with van der Waals surface area (Å²) in [5.41, 5.74) is 5.37. The van der Waals surface area contributed by atoms with Crippen LogP contribution < -0.4 is 0 Å². The number of hydrogen-bond donors (Lipinski definition) is 0. The SMILES string of the molecule is N#CCC1CC2=C(O1)c1cc(F)ccc1Cc1ccccc12. The van der Waals surface area contributed by atoms with Crippen molar-refractivity contribution in [2.75, 3.05) is 0 Å². The van der Waals surface area contributed by atoms with Crippen molar-refractivity contribution < 1.29 is 9.13 Å². The molecule has 0 saturated heterocycles. The molecule has 0 aromatic heterocycles. The minimum absolute atomic E-state index is 0.141. The first-order valence-electron chi connectivity index (χ1n) is 7.40. The smallest absolute Gasteiger partial charge is 0.131 e. The number of nitriles is 1. The van der Waals surface area contributed by atoms with E-state index in [9.17, 15) is 4.39 Å². The van der Waals surface area contributed by atoms with Crippen molar-refractivity contribution in [1.29, 1.82) is 5.26 Å². The van der Waals surface area contributed by atoms with Gasteiger partial charge in [0.15, 0.2) is 0 Å². The van der Waals surface area contributed by atoms with Gasteiger partial charge >= 0.3 is 0 Å². The van der Waals surface area contributed by atoms with Gasteiger partial charge in [-0.1, -0.05) is 30.3 Å². The summed E-state index contributed by atoms with van der Waals surface area (Å²) < 4.78 is 19.7. The van der Waals surface area contributed by atoms with E-state index in [4.69, 9.17) is 10.00 Å². The highest BCUT2D eigenvalue weighted by molar-refractivity contribution is 5.92. The van der Waals surface area contributed by atoms with E-state index in [1.165, 1.54) is 11.6 Å². The fourth-order valence-corrected chi connectivity index (χ4v) is 3.36. The van der Waals surface area contributed by atoms with E-state index in [0.717, 1.165) is 34.4 Å². The van der Waals surface area contributed by atoms with E-state index in [1.54, 1.807) is 6.07 Å². The van der Waals surface area contributed by atoms with E-state index in [0.29, 0.717) is 12.8 Å². The fraction of sp³-hybridized carbons (Fsp3) is 0.211. The lowest BCUT2D eigenvalue weighted by Crippen LogP contribution is -2.06. The van der Waals surface area contributed by atoms with Crippen molar-refractivity contribution in [3.8, 4) is 6.07 Å². The molecule has 1 heterocycles. The van der Waals surface area contributed by atoms with Gasteiger partial charge in [-0.25, -0.2) is 4.39 Å². The van der Waals surface area contributed by atoms with E-state index in [2.05, 4.69) is 18.2 Å². The van der Waals surface area contributed by atoms with Gasteiger partial charge in [0.05, 0.1) is 12.5 Å². The monoisotopic (exact) mass is 291 g/mol. The Morgan fingerprint density at radius 3 is 2.82 bits per heavy atom. The molecule has 0 saturated carbocycles. The number of ether oxygens (including phenoxy) is 1. The zero-order valence-corrected chi connectivity index (χ0v) is 12.0. The minimum Gasteiger partial charge on any atom is -0.488 e. The number of benzene rings is 2. The molecule has 4 rings (SSSR count). The summed E-state index contributed by atoms with van der Waals surface area (Å²) in [7, 11) is 0. The van der Waals surface area contributed by atoms with Crippen LogP contribution in [0.15, 0.2) is 42.5 Å². The molecule has 1 unspecified atom stereocenters. The molecule has 22 heavy (non-hydrogen) atoms. The van der Waals surface area contributed by atoms with Gasteiger partial charge in [0.1, 0.15) is 17.7 Å². The predicted molar refractivity (Wildman–Crippen MR) is 82.2 cm³/mol. The van der Waals surface area contributed by atoms with Crippen molar-refractivity contribution in [2.45, 2.75) is 25.4 Å². The molecular weight excluding hydrogens is 277 g/mol. The van der Waals surface area contributed by atoms with Gasteiger partial charge in [0.2, 0.25) is 0 Å².